The van der Waals surface area contributed by atoms with E-state index < -0.39 is 28.5 Å². The molecule has 0 aromatic heterocycles. The van der Waals surface area contributed by atoms with Gasteiger partial charge in [0.2, 0.25) is 11.8 Å². The number of amides is 2. The van der Waals surface area contributed by atoms with Gasteiger partial charge in [-0.25, -0.2) is 8.42 Å². The lowest BCUT2D eigenvalue weighted by molar-refractivity contribution is -0.140. The summed E-state index contributed by atoms with van der Waals surface area (Å²) in [5.41, 5.74) is 3.74. The Kier molecular flexibility index (Phi) is 11.4. The van der Waals surface area contributed by atoms with E-state index in [1.165, 1.54) is 21.3 Å². The van der Waals surface area contributed by atoms with Crippen LogP contribution < -0.4 is 9.62 Å². The number of hydrogen-bond acceptors (Lipinski definition) is 4. The van der Waals surface area contributed by atoms with Crippen LogP contribution in [0.15, 0.2) is 108 Å². The van der Waals surface area contributed by atoms with Gasteiger partial charge in [0.25, 0.3) is 10.0 Å². The van der Waals surface area contributed by atoms with Crippen LogP contribution in [0.2, 0.25) is 5.02 Å². The lowest BCUT2D eigenvalue weighted by atomic mass is 9.94. The Morgan fingerprint density at radius 3 is 2.11 bits per heavy atom. The minimum absolute atomic E-state index is 0.0342. The molecule has 1 fully saturated rings. The topological polar surface area (TPSA) is 86.8 Å². The van der Waals surface area contributed by atoms with Crippen LogP contribution in [0.3, 0.4) is 0 Å². The molecule has 0 bridgehead atoms. The number of nitrogens with one attached hydrogen (secondary N) is 1. The molecular formula is C38H42ClN3O4S. The van der Waals surface area contributed by atoms with Crippen LogP contribution in [0.4, 0.5) is 5.69 Å². The van der Waals surface area contributed by atoms with Crippen LogP contribution in [0.25, 0.3) is 0 Å². The number of hydrogen-bond donors (Lipinski definition) is 1. The maximum Gasteiger partial charge on any atom is 0.264 e. The molecule has 1 unspecified atom stereocenters. The van der Waals surface area contributed by atoms with Gasteiger partial charge < -0.3 is 10.2 Å². The smallest absolute Gasteiger partial charge is 0.264 e. The number of sulfonamides is 1. The van der Waals surface area contributed by atoms with Crippen molar-refractivity contribution in [2.75, 3.05) is 10.8 Å². The van der Waals surface area contributed by atoms with E-state index in [4.69, 9.17) is 11.6 Å². The van der Waals surface area contributed by atoms with Crippen molar-refractivity contribution in [3.05, 3.63) is 130 Å². The highest BCUT2D eigenvalue weighted by molar-refractivity contribution is 7.92. The number of carbonyl (C=O) groups excluding carboxylic acids is 2. The van der Waals surface area contributed by atoms with Crippen molar-refractivity contribution < 1.29 is 18.0 Å². The van der Waals surface area contributed by atoms with Gasteiger partial charge in [0.05, 0.1) is 10.6 Å². The first-order valence-electron chi connectivity index (χ1n) is 16.2. The van der Waals surface area contributed by atoms with Crippen LogP contribution in [0.5, 0.6) is 0 Å². The maximum atomic E-state index is 14.7. The molecule has 2 amide bonds. The summed E-state index contributed by atoms with van der Waals surface area (Å²) in [5, 5.41) is 3.79. The van der Waals surface area contributed by atoms with Crippen molar-refractivity contribution in [2.24, 2.45) is 0 Å². The summed E-state index contributed by atoms with van der Waals surface area (Å²) in [6.07, 6.45) is 5.29. The lowest BCUT2D eigenvalue weighted by Crippen LogP contribution is -2.55. The normalized spacial score (nSPS) is 14.3. The van der Waals surface area contributed by atoms with Gasteiger partial charge in [0, 0.05) is 24.0 Å². The molecule has 0 spiro atoms. The quantitative estimate of drug-likeness (QED) is 0.172. The lowest BCUT2D eigenvalue weighted by Gasteiger charge is -2.35. The summed E-state index contributed by atoms with van der Waals surface area (Å²) in [6.45, 7) is 3.37. The van der Waals surface area contributed by atoms with Crippen LogP contribution in [0.1, 0.15) is 54.4 Å². The van der Waals surface area contributed by atoms with E-state index in [2.05, 4.69) is 5.32 Å². The van der Waals surface area contributed by atoms with E-state index in [1.807, 2.05) is 62.4 Å². The molecule has 4 aromatic carbocycles. The molecule has 246 valence electrons. The number of aryl methyl sites for hydroxylation is 1. The standard InChI is InChI=1S/C38H42ClN3O4S/c1-28-13-12-20-35(29(28)2)42(47(45,46)34-18-10-5-11-19-34)27-37(43)41(26-31-21-23-32(39)24-22-31)36(25-30-14-6-3-7-15-30)38(44)40-33-16-8-4-9-17-33/h3,5-7,10-15,18-24,33,36H,4,8-9,16-17,25-27H2,1-2H3,(H,40,44). The second-order valence-electron chi connectivity index (χ2n) is 12.2. The fraction of sp³-hybridized carbons (Fsp3) is 0.316. The highest BCUT2D eigenvalue weighted by atomic mass is 35.5. The van der Waals surface area contributed by atoms with Crippen LogP contribution >= 0.6 is 11.6 Å². The third kappa shape index (κ3) is 8.62. The predicted octanol–water partition coefficient (Wildman–Crippen LogP) is 7.24. The highest BCUT2D eigenvalue weighted by Crippen LogP contribution is 2.29. The number of carbonyl (C=O) groups is 2. The van der Waals surface area contributed by atoms with Crippen molar-refractivity contribution >= 4 is 39.1 Å². The molecule has 7 nitrogen and oxygen atoms in total. The number of anilines is 1. The first-order valence-corrected chi connectivity index (χ1v) is 18.0. The van der Waals surface area contributed by atoms with Gasteiger partial charge in [-0.15, -0.1) is 0 Å². The molecule has 0 saturated heterocycles. The minimum atomic E-state index is -4.16. The molecular weight excluding hydrogens is 630 g/mol. The van der Waals surface area contributed by atoms with Crippen LogP contribution in [0, 0.1) is 13.8 Å². The van der Waals surface area contributed by atoms with E-state index >= 15 is 0 Å². The Balaban J connectivity index is 1.58. The Hall–Kier alpha value is -4.14. The molecule has 0 aliphatic heterocycles. The van der Waals surface area contributed by atoms with Gasteiger partial charge >= 0.3 is 0 Å². The first kappa shape index (κ1) is 34.2. The minimum Gasteiger partial charge on any atom is -0.352 e. The third-order valence-corrected chi connectivity index (χ3v) is 11.0. The molecule has 47 heavy (non-hydrogen) atoms. The van der Waals surface area contributed by atoms with Gasteiger partial charge in [-0.2, -0.15) is 0 Å². The number of benzene rings is 4. The van der Waals surface area contributed by atoms with Gasteiger partial charge in [0.15, 0.2) is 0 Å². The summed E-state index contributed by atoms with van der Waals surface area (Å²) in [6, 6.07) is 29.4. The first-order chi connectivity index (χ1) is 22.6. The predicted molar refractivity (Wildman–Crippen MR) is 188 cm³/mol. The molecule has 0 heterocycles. The Morgan fingerprint density at radius 1 is 0.809 bits per heavy atom. The number of rotatable bonds is 12. The van der Waals surface area contributed by atoms with E-state index in [1.54, 1.807) is 42.5 Å². The van der Waals surface area contributed by atoms with E-state index in [9.17, 15) is 18.0 Å². The van der Waals surface area contributed by atoms with Gasteiger partial charge in [-0.05, 0) is 79.3 Å². The summed E-state index contributed by atoms with van der Waals surface area (Å²) in [5.74, 6) is -0.729. The molecule has 1 atom stereocenters. The van der Waals surface area contributed by atoms with Crippen molar-refractivity contribution in [1.82, 2.24) is 10.2 Å². The van der Waals surface area contributed by atoms with Crippen molar-refractivity contribution in [1.29, 1.82) is 0 Å². The van der Waals surface area contributed by atoms with Gasteiger partial charge in [-0.3, -0.25) is 13.9 Å². The molecule has 4 aromatic rings. The fourth-order valence-electron chi connectivity index (χ4n) is 6.12. The molecule has 1 aliphatic rings. The SMILES string of the molecule is Cc1cccc(N(CC(=O)N(Cc2ccc(Cl)cc2)C(Cc2ccccc2)C(=O)NC2CCCCC2)S(=O)(=O)c2ccccc2)c1C. The zero-order chi connectivity index (χ0) is 33.4. The van der Waals surface area contributed by atoms with Crippen molar-refractivity contribution in [2.45, 2.75) is 75.9 Å². The number of nitrogens with zero attached hydrogens (tertiary/aromatic N) is 2. The Labute approximate surface area is 283 Å². The maximum absolute atomic E-state index is 14.7. The molecule has 1 saturated carbocycles. The van der Waals surface area contributed by atoms with Gasteiger partial charge in [0.1, 0.15) is 12.6 Å². The molecule has 1 N–H and O–H groups in total. The molecule has 5 rings (SSSR count). The second kappa shape index (κ2) is 15.6. The van der Waals surface area contributed by atoms with Crippen molar-refractivity contribution in [3.63, 3.8) is 0 Å². The van der Waals surface area contributed by atoms with Crippen molar-refractivity contribution in [3.8, 4) is 0 Å². The van der Waals surface area contributed by atoms with E-state index in [-0.39, 0.29) is 29.8 Å². The largest absolute Gasteiger partial charge is 0.352 e. The van der Waals surface area contributed by atoms with E-state index in [0.29, 0.717) is 10.7 Å². The highest BCUT2D eigenvalue weighted by Gasteiger charge is 2.36. The zero-order valence-corrected chi connectivity index (χ0v) is 28.5. The van der Waals surface area contributed by atoms with E-state index in [0.717, 1.165) is 54.4 Å². The molecule has 0 radical (unpaired) electrons. The summed E-state index contributed by atoms with van der Waals surface area (Å²) in [4.78, 5) is 30.5. The summed E-state index contributed by atoms with van der Waals surface area (Å²) >= 11 is 6.19. The number of halogens is 1. The average Bonchev–Trinajstić information content (AvgIpc) is 3.08. The molecule has 9 heteroatoms. The summed E-state index contributed by atoms with van der Waals surface area (Å²) in [7, 11) is -4.16. The Bertz CT molecular complexity index is 1760. The third-order valence-electron chi connectivity index (χ3n) is 8.94. The fourth-order valence-corrected chi connectivity index (χ4v) is 7.74. The molecule has 1 aliphatic carbocycles. The van der Waals surface area contributed by atoms with Gasteiger partial charge in [-0.1, -0.05) is 104 Å². The van der Waals surface area contributed by atoms with Crippen LogP contribution in [-0.4, -0.2) is 43.8 Å². The summed E-state index contributed by atoms with van der Waals surface area (Å²) < 4.78 is 29.7. The average molecular weight is 672 g/mol. The Morgan fingerprint density at radius 2 is 1.45 bits per heavy atom. The zero-order valence-electron chi connectivity index (χ0n) is 26.9. The van der Waals surface area contributed by atoms with Crippen LogP contribution in [-0.2, 0) is 32.6 Å². The monoisotopic (exact) mass is 671 g/mol. The second-order valence-corrected chi connectivity index (χ2v) is 14.5.